The molecule has 21 heavy (non-hydrogen) atoms. The van der Waals surface area contributed by atoms with Crippen molar-refractivity contribution in [1.29, 1.82) is 0 Å². The van der Waals surface area contributed by atoms with Gasteiger partial charge in [0.05, 0.1) is 41.7 Å². The van der Waals surface area contributed by atoms with Gasteiger partial charge in [-0.05, 0) is 26.8 Å². The zero-order valence-corrected chi connectivity index (χ0v) is 13.9. The lowest BCUT2D eigenvalue weighted by Crippen LogP contribution is -2.44. The van der Waals surface area contributed by atoms with Gasteiger partial charge in [0, 0.05) is 13.7 Å². The SMILES string of the molecule is CCOC1(C(NC)c2c(Cl)cnn2CCOC)CCCC1. The summed E-state index contributed by atoms with van der Waals surface area (Å²) in [5.41, 5.74) is 0.824. The van der Waals surface area contributed by atoms with Crippen LogP contribution in [0.1, 0.15) is 44.3 Å². The molecule has 2 rings (SSSR count). The van der Waals surface area contributed by atoms with E-state index in [-0.39, 0.29) is 11.6 Å². The Morgan fingerprint density at radius 1 is 1.48 bits per heavy atom. The molecule has 0 saturated heterocycles. The number of hydrogen-bond donors (Lipinski definition) is 1. The van der Waals surface area contributed by atoms with E-state index in [2.05, 4.69) is 17.3 Å². The lowest BCUT2D eigenvalue weighted by Gasteiger charge is -2.37. The van der Waals surface area contributed by atoms with Crippen LogP contribution in [0.15, 0.2) is 6.20 Å². The minimum atomic E-state index is -0.183. The fourth-order valence-electron chi connectivity index (χ4n) is 3.44. The van der Waals surface area contributed by atoms with Crippen molar-refractivity contribution in [2.45, 2.75) is 50.8 Å². The van der Waals surface area contributed by atoms with Crippen molar-refractivity contribution in [2.75, 3.05) is 27.4 Å². The first kappa shape index (κ1) is 16.7. The number of ether oxygens (including phenoxy) is 2. The molecule has 0 aliphatic heterocycles. The molecule has 0 amide bonds. The Morgan fingerprint density at radius 2 is 2.19 bits per heavy atom. The molecule has 1 aromatic heterocycles. The van der Waals surface area contributed by atoms with Gasteiger partial charge in [0.15, 0.2) is 0 Å². The van der Waals surface area contributed by atoms with Crippen LogP contribution < -0.4 is 5.32 Å². The summed E-state index contributed by atoms with van der Waals surface area (Å²) in [5.74, 6) is 0. The second kappa shape index (κ2) is 7.58. The maximum atomic E-state index is 6.42. The summed E-state index contributed by atoms with van der Waals surface area (Å²) in [6.07, 6.45) is 6.21. The minimum Gasteiger partial charge on any atom is -0.383 e. The normalized spacial score (nSPS) is 19.0. The van der Waals surface area contributed by atoms with Crippen LogP contribution in [0.25, 0.3) is 0 Å². The molecule has 1 aromatic rings. The van der Waals surface area contributed by atoms with E-state index in [1.54, 1.807) is 13.3 Å². The van der Waals surface area contributed by atoms with Gasteiger partial charge in [0.1, 0.15) is 0 Å². The largest absolute Gasteiger partial charge is 0.383 e. The van der Waals surface area contributed by atoms with Crippen molar-refractivity contribution in [1.82, 2.24) is 15.1 Å². The van der Waals surface area contributed by atoms with Gasteiger partial charge in [-0.25, -0.2) is 0 Å². The number of aromatic nitrogens is 2. The van der Waals surface area contributed by atoms with Crippen LogP contribution in [0.4, 0.5) is 0 Å². The van der Waals surface area contributed by atoms with Crippen LogP contribution in [0, 0.1) is 0 Å². The highest BCUT2D eigenvalue weighted by molar-refractivity contribution is 6.31. The van der Waals surface area contributed by atoms with E-state index in [4.69, 9.17) is 21.1 Å². The maximum absolute atomic E-state index is 6.42. The van der Waals surface area contributed by atoms with Gasteiger partial charge >= 0.3 is 0 Å². The topological polar surface area (TPSA) is 48.3 Å². The molecule has 0 aromatic carbocycles. The molecule has 1 aliphatic carbocycles. The van der Waals surface area contributed by atoms with Crippen LogP contribution >= 0.6 is 11.6 Å². The molecule has 1 fully saturated rings. The molecule has 1 aliphatic rings. The third kappa shape index (κ3) is 3.42. The highest BCUT2D eigenvalue weighted by Gasteiger charge is 2.44. The molecule has 0 bridgehead atoms. The predicted octanol–water partition coefficient (Wildman–Crippen LogP) is 2.79. The summed E-state index contributed by atoms with van der Waals surface area (Å²) in [5, 5.41) is 8.50. The van der Waals surface area contributed by atoms with Crippen LogP contribution in [0.5, 0.6) is 0 Å². The molecule has 1 heterocycles. The maximum Gasteiger partial charge on any atom is 0.0891 e. The molecule has 1 N–H and O–H groups in total. The van der Waals surface area contributed by atoms with E-state index in [1.807, 2.05) is 11.7 Å². The fourth-order valence-corrected chi connectivity index (χ4v) is 3.69. The van der Waals surface area contributed by atoms with Gasteiger partial charge in [0.25, 0.3) is 0 Å². The van der Waals surface area contributed by atoms with Gasteiger partial charge in [-0.1, -0.05) is 24.4 Å². The van der Waals surface area contributed by atoms with Crippen molar-refractivity contribution >= 4 is 11.6 Å². The number of nitrogens with one attached hydrogen (secondary N) is 1. The average molecular weight is 316 g/mol. The molecule has 0 radical (unpaired) electrons. The van der Waals surface area contributed by atoms with Gasteiger partial charge in [-0.15, -0.1) is 0 Å². The summed E-state index contributed by atoms with van der Waals surface area (Å²) in [6.45, 7) is 4.07. The first-order valence-electron chi connectivity index (χ1n) is 7.70. The first-order chi connectivity index (χ1) is 10.2. The second-order valence-electron chi connectivity index (χ2n) is 5.52. The lowest BCUT2D eigenvalue weighted by molar-refractivity contribution is -0.0630. The Kier molecular flexibility index (Phi) is 6.05. The molecule has 1 unspecified atom stereocenters. The van der Waals surface area contributed by atoms with Crippen LogP contribution in [-0.2, 0) is 16.0 Å². The van der Waals surface area contributed by atoms with E-state index >= 15 is 0 Å². The quantitative estimate of drug-likeness (QED) is 0.801. The number of halogens is 1. The van der Waals surface area contributed by atoms with Gasteiger partial charge < -0.3 is 14.8 Å². The number of hydrogen-bond acceptors (Lipinski definition) is 4. The Labute approximate surface area is 131 Å². The zero-order valence-electron chi connectivity index (χ0n) is 13.2. The highest BCUT2D eigenvalue weighted by atomic mass is 35.5. The second-order valence-corrected chi connectivity index (χ2v) is 5.93. The number of rotatable bonds is 8. The summed E-state index contributed by atoms with van der Waals surface area (Å²) < 4.78 is 13.3. The smallest absolute Gasteiger partial charge is 0.0891 e. The predicted molar refractivity (Wildman–Crippen MR) is 83.7 cm³/mol. The van der Waals surface area contributed by atoms with E-state index in [9.17, 15) is 0 Å². The molecule has 120 valence electrons. The van der Waals surface area contributed by atoms with Crippen molar-refractivity contribution in [3.8, 4) is 0 Å². The first-order valence-corrected chi connectivity index (χ1v) is 8.07. The summed E-state index contributed by atoms with van der Waals surface area (Å²) in [7, 11) is 3.66. The molecule has 0 spiro atoms. The average Bonchev–Trinajstić information content (AvgIpc) is 3.08. The van der Waals surface area contributed by atoms with E-state index in [1.165, 1.54) is 12.8 Å². The summed E-state index contributed by atoms with van der Waals surface area (Å²) in [4.78, 5) is 0. The highest BCUT2D eigenvalue weighted by Crippen LogP contribution is 2.44. The van der Waals surface area contributed by atoms with E-state index in [0.717, 1.165) is 18.5 Å². The molecular weight excluding hydrogens is 290 g/mol. The number of nitrogens with zero attached hydrogens (tertiary/aromatic N) is 2. The summed E-state index contributed by atoms with van der Waals surface area (Å²) in [6, 6.07) is 0.0480. The minimum absolute atomic E-state index is 0.0480. The van der Waals surface area contributed by atoms with Crippen LogP contribution in [-0.4, -0.2) is 42.8 Å². The Morgan fingerprint density at radius 3 is 2.76 bits per heavy atom. The molecule has 1 atom stereocenters. The molecule has 5 nitrogen and oxygen atoms in total. The van der Waals surface area contributed by atoms with Crippen LogP contribution in [0.3, 0.4) is 0 Å². The van der Waals surface area contributed by atoms with E-state index < -0.39 is 0 Å². The Balaban J connectivity index is 2.33. The van der Waals surface area contributed by atoms with Crippen molar-refractivity contribution < 1.29 is 9.47 Å². The zero-order chi connectivity index (χ0) is 15.3. The van der Waals surface area contributed by atoms with Crippen molar-refractivity contribution in [2.24, 2.45) is 0 Å². The molecular formula is C15H26ClN3O2. The van der Waals surface area contributed by atoms with Gasteiger partial charge in [-0.3, -0.25) is 4.68 Å². The fraction of sp³-hybridized carbons (Fsp3) is 0.800. The third-order valence-electron chi connectivity index (χ3n) is 4.31. The number of methoxy groups -OCH3 is 1. The van der Waals surface area contributed by atoms with Crippen LogP contribution in [0.2, 0.25) is 5.02 Å². The monoisotopic (exact) mass is 315 g/mol. The Bertz CT molecular complexity index is 444. The summed E-state index contributed by atoms with van der Waals surface area (Å²) >= 11 is 6.42. The standard InChI is InChI=1S/C15H26ClN3O2/c1-4-21-15(7-5-6-8-15)14(17-2)13-12(16)11-18-19(13)9-10-20-3/h11,14,17H,4-10H2,1-3H3. The number of likely N-dealkylation sites (N-methyl/N-ethyl adjacent to an activating group) is 1. The van der Waals surface area contributed by atoms with Crippen molar-refractivity contribution in [3.05, 3.63) is 16.9 Å². The van der Waals surface area contributed by atoms with Gasteiger partial charge in [-0.2, -0.15) is 5.10 Å². The molecule has 6 heteroatoms. The molecule has 1 saturated carbocycles. The third-order valence-corrected chi connectivity index (χ3v) is 4.60. The Hall–Kier alpha value is -0.620. The van der Waals surface area contributed by atoms with E-state index in [0.29, 0.717) is 24.8 Å². The van der Waals surface area contributed by atoms with Crippen molar-refractivity contribution in [3.63, 3.8) is 0 Å². The lowest BCUT2D eigenvalue weighted by atomic mass is 9.89. The van der Waals surface area contributed by atoms with Gasteiger partial charge in [0.2, 0.25) is 0 Å².